The maximum atomic E-state index is 11.1. The van der Waals surface area contributed by atoms with Crippen molar-refractivity contribution in [2.75, 3.05) is 5.32 Å². The molecule has 1 aromatic heterocycles. The zero-order valence-electron chi connectivity index (χ0n) is 10.4. The van der Waals surface area contributed by atoms with Gasteiger partial charge in [-0.1, -0.05) is 6.07 Å². The second-order valence-electron chi connectivity index (χ2n) is 4.29. The molecular formula is C14H15NO2S. The molecule has 0 radical (unpaired) electrons. The number of aryl methyl sites for hydroxylation is 2. The summed E-state index contributed by atoms with van der Waals surface area (Å²) in [5, 5.41) is 16.5. The van der Waals surface area contributed by atoms with Gasteiger partial charge in [0, 0.05) is 12.2 Å². The van der Waals surface area contributed by atoms with Crippen LogP contribution in [0, 0.1) is 13.8 Å². The van der Waals surface area contributed by atoms with Gasteiger partial charge in [-0.2, -0.15) is 11.3 Å². The maximum Gasteiger partial charge on any atom is 0.337 e. The summed E-state index contributed by atoms with van der Waals surface area (Å²) in [7, 11) is 0. The topological polar surface area (TPSA) is 49.3 Å². The Morgan fingerprint density at radius 1 is 1.33 bits per heavy atom. The van der Waals surface area contributed by atoms with Crippen molar-refractivity contribution in [2.24, 2.45) is 0 Å². The first-order chi connectivity index (χ1) is 8.58. The van der Waals surface area contributed by atoms with Crippen molar-refractivity contribution in [3.63, 3.8) is 0 Å². The Bertz CT molecular complexity index is 575. The van der Waals surface area contributed by atoms with E-state index in [1.807, 2.05) is 19.1 Å². The highest BCUT2D eigenvalue weighted by Crippen LogP contribution is 2.20. The van der Waals surface area contributed by atoms with E-state index >= 15 is 0 Å². The number of carboxylic acid groups (broad SMARTS) is 1. The summed E-state index contributed by atoms with van der Waals surface area (Å²) >= 11 is 1.66. The van der Waals surface area contributed by atoms with Crippen LogP contribution in [0.2, 0.25) is 0 Å². The van der Waals surface area contributed by atoms with Crippen molar-refractivity contribution in [1.29, 1.82) is 0 Å². The zero-order valence-corrected chi connectivity index (χ0v) is 11.2. The summed E-state index contributed by atoms with van der Waals surface area (Å²) in [5.41, 5.74) is 4.47. The maximum absolute atomic E-state index is 11.1. The standard InChI is InChI=1S/C14H15NO2S/c1-9-3-4-12(14(16)17)13(5-9)15-6-11-8-18-7-10(11)2/h3-5,7-8,15H,6H2,1-2H3,(H,16,17). The number of carbonyl (C=O) groups is 1. The molecule has 18 heavy (non-hydrogen) atoms. The van der Waals surface area contributed by atoms with Crippen molar-refractivity contribution in [3.05, 3.63) is 51.2 Å². The predicted molar refractivity (Wildman–Crippen MR) is 74.5 cm³/mol. The monoisotopic (exact) mass is 261 g/mol. The van der Waals surface area contributed by atoms with E-state index < -0.39 is 5.97 Å². The van der Waals surface area contributed by atoms with Crippen LogP contribution < -0.4 is 5.32 Å². The SMILES string of the molecule is Cc1ccc(C(=O)O)c(NCc2cscc2C)c1. The Labute approximate surface area is 110 Å². The van der Waals surface area contributed by atoms with E-state index in [-0.39, 0.29) is 0 Å². The Morgan fingerprint density at radius 3 is 2.72 bits per heavy atom. The van der Waals surface area contributed by atoms with Crippen LogP contribution in [0.25, 0.3) is 0 Å². The lowest BCUT2D eigenvalue weighted by atomic mass is 10.1. The van der Waals surface area contributed by atoms with E-state index in [1.165, 1.54) is 11.1 Å². The first-order valence-electron chi connectivity index (χ1n) is 5.67. The number of rotatable bonds is 4. The third-order valence-electron chi connectivity index (χ3n) is 2.84. The molecule has 0 spiro atoms. The minimum atomic E-state index is -0.903. The van der Waals surface area contributed by atoms with Gasteiger partial charge in [-0.25, -0.2) is 4.79 Å². The summed E-state index contributed by atoms with van der Waals surface area (Å²) < 4.78 is 0. The molecule has 0 unspecified atom stereocenters. The number of carboxylic acids is 1. The first kappa shape index (κ1) is 12.6. The van der Waals surface area contributed by atoms with Crippen molar-refractivity contribution in [2.45, 2.75) is 20.4 Å². The molecule has 0 fully saturated rings. The normalized spacial score (nSPS) is 10.3. The van der Waals surface area contributed by atoms with Gasteiger partial charge in [-0.05, 0) is 53.4 Å². The van der Waals surface area contributed by atoms with Crippen molar-refractivity contribution >= 4 is 23.0 Å². The Morgan fingerprint density at radius 2 is 2.11 bits per heavy atom. The van der Waals surface area contributed by atoms with Crippen molar-refractivity contribution in [1.82, 2.24) is 0 Å². The fourth-order valence-corrected chi connectivity index (χ4v) is 2.61. The summed E-state index contributed by atoms with van der Waals surface area (Å²) in [6.07, 6.45) is 0. The number of nitrogens with one attached hydrogen (secondary N) is 1. The molecule has 4 heteroatoms. The van der Waals surface area contributed by atoms with Crippen LogP contribution in [0.15, 0.2) is 29.0 Å². The smallest absolute Gasteiger partial charge is 0.337 e. The van der Waals surface area contributed by atoms with Gasteiger partial charge in [0.2, 0.25) is 0 Å². The molecular weight excluding hydrogens is 246 g/mol. The van der Waals surface area contributed by atoms with Crippen LogP contribution >= 0.6 is 11.3 Å². The van der Waals surface area contributed by atoms with E-state index in [1.54, 1.807) is 17.4 Å². The first-order valence-corrected chi connectivity index (χ1v) is 6.61. The molecule has 0 saturated heterocycles. The van der Waals surface area contributed by atoms with Gasteiger partial charge in [-0.15, -0.1) is 0 Å². The van der Waals surface area contributed by atoms with Gasteiger partial charge in [-0.3, -0.25) is 0 Å². The molecule has 1 heterocycles. The summed E-state index contributed by atoms with van der Waals surface area (Å²) in [6.45, 7) is 4.66. The molecule has 0 aliphatic carbocycles. The molecule has 0 bridgehead atoms. The molecule has 2 aromatic rings. The molecule has 2 rings (SSSR count). The lowest BCUT2D eigenvalue weighted by Gasteiger charge is -2.10. The molecule has 2 N–H and O–H groups in total. The highest BCUT2D eigenvalue weighted by molar-refractivity contribution is 7.08. The van der Waals surface area contributed by atoms with E-state index in [0.29, 0.717) is 17.8 Å². The third-order valence-corrected chi connectivity index (χ3v) is 3.75. The quantitative estimate of drug-likeness (QED) is 0.882. The lowest BCUT2D eigenvalue weighted by Crippen LogP contribution is -2.06. The van der Waals surface area contributed by atoms with Crippen LogP contribution in [0.1, 0.15) is 27.0 Å². The van der Waals surface area contributed by atoms with E-state index in [2.05, 4.69) is 23.0 Å². The van der Waals surface area contributed by atoms with Crippen molar-refractivity contribution in [3.8, 4) is 0 Å². The number of benzene rings is 1. The number of hydrogen-bond acceptors (Lipinski definition) is 3. The zero-order chi connectivity index (χ0) is 13.1. The summed E-state index contributed by atoms with van der Waals surface area (Å²) in [4.78, 5) is 11.1. The van der Waals surface area contributed by atoms with Gasteiger partial charge in [0.1, 0.15) is 0 Å². The van der Waals surface area contributed by atoms with E-state index in [4.69, 9.17) is 5.11 Å². The van der Waals surface area contributed by atoms with Crippen LogP contribution in [0.4, 0.5) is 5.69 Å². The van der Waals surface area contributed by atoms with Crippen LogP contribution in [-0.4, -0.2) is 11.1 Å². The highest BCUT2D eigenvalue weighted by atomic mass is 32.1. The lowest BCUT2D eigenvalue weighted by molar-refractivity contribution is 0.0698. The molecule has 0 aliphatic rings. The van der Waals surface area contributed by atoms with Crippen LogP contribution in [0.3, 0.4) is 0 Å². The van der Waals surface area contributed by atoms with Gasteiger partial charge in [0.15, 0.2) is 0 Å². The highest BCUT2D eigenvalue weighted by Gasteiger charge is 2.10. The molecule has 0 amide bonds. The van der Waals surface area contributed by atoms with Gasteiger partial charge in [0.25, 0.3) is 0 Å². The molecule has 0 atom stereocenters. The average Bonchev–Trinajstić information content (AvgIpc) is 2.72. The number of anilines is 1. The van der Waals surface area contributed by atoms with E-state index in [0.717, 1.165) is 5.56 Å². The van der Waals surface area contributed by atoms with E-state index in [9.17, 15) is 4.79 Å². The fourth-order valence-electron chi connectivity index (χ4n) is 1.75. The average molecular weight is 261 g/mol. The van der Waals surface area contributed by atoms with Gasteiger partial charge in [0.05, 0.1) is 5.56 Å². The summed E-state index contributed by atoms with van der Waals surface area (Å²) in [5.74, 6) is -0.903. The minimum Gasteiger partial charge on any atom is -0.478 e. The minimum absolute atomic E-state index is 0.313. The van der Waals surface area contributed by atoms with Gasteiger partial charge < -0.3 is 10.4 Å². The summed E-state index contributed by atoms with van der Waals surface area (Å²) in [6, 6.07) is 5.32. The molecule has 3 nitrogen and oxygen atoms in total. The van der Waals surface area contributed by atoms with Crippen LogP contribution in [-0.2, 0) is 6.54 Å². The molecule has 0 aliphatic heterocycles. The number of thiophene rings is 1. The second kappa shape index (κ2) is 5.23. The van der Waals surface area contributed by atoms with Gasteiger partial charge >= 0.3 is 5.97 Å². The molecule has 1 aromatic carbocycles. The number of aromatic carboxylic acids is 1. The Hall–Kier alpha value is -1.81. The Kier molecular flexibility index (Phi) is 3.67. The predicted octanol–water partition coefficient (Wildman–Crippen LogP) is 3.68. The van der Waals surface area contributed by atoms with Crippen LogP contribution in [0.5, 0.6) is 0 Å². The van der Waals surface area contributed by atoms with Crippen molar-refractivity contribution < 1.29 is 9.90 Å². The Balaban J connectivity index is 2.20. The third kappa shape index (κ3) is 2.71. The fraction of sp³-hybridized carbons (Fsp3) is 0.214. The molecule has 94 valence electrons. The largest absolute Gasteiger partial charge is 0.478 e. The number of hydrogen-bond donors (Lipinski definition) is 2. The second-order valence-corrected chi connectivity index (χ2v) is 5.03. The molecule has 0 saturated carbocycles.